The minimum absolute atomic E-state index is 0.192. The van der Waals surface area contributed by atoms with Gasteiger partial charge in [-0.15, -0.1) is 0 Å². The van der Waals surface area contributed by atoms with Gasteiger partial charge in [-0.25, -0.2) is 4.98 Å². The van der Waals surface area contributed by atoms with E-state index < -0.39 is 12.1 Å². The summed E-state index contributed by atoms with van der Waals surface area (Å²) in [6.07, 6.45) is 2.98. The van der Waals surface area contributed by atoms with Crippen LogP contribution in [0, 0.1) is 0 Å². The molecule has 7 heteroatoms. The maximum absolute atomic E-state index is 12.7. The largest absolute Gasteiger partial charge is 0.387 e. The summed E-state index contributed by atoms with van der Waals surface area (Å²) < 4.78 is 1.49. The maximum atomic E-state index is 12.7. The van der Waals surface area contributed by atoms with Crippen molar-refractivity contribution in [3.05, 3.63) is 94.2 Å². The van der Waals surface area contributed by atoms with Crippen molar-refractivity contribution in [3.63, 3.8) is 0 Å². The Morgan fingerprint density at radius 2 is 1.90 bits per heavy atom. The molecule has 160 valence electrons. The standard InChI is InChI=1S/C24H26N4O3/c29-21(18-4-2-1-3-5-18)16-25-14-12-17-6-8-19(9-7-17)27-24(31)20-10-11-22-26-15-13-23(30)28(20)22/h1-9,13,15,20-21,25,29H,10-12,14,16H2,(H,27,31)/t20?,21-/m0/s1. The van der Waals surface area contributed by atoms with Gasteiger partial charge in [-0.05, 0) is 42.6 Å². The van der Waals surface area contributed by atoms with Crippen LogP contribution in [0.5, 0.6) is 0 Å². The normalized spacial score (nSPS) is 16.0. The number of nitrogens with one attached hydrogen (secondary N) is 2. The molecule has 7 nitrogen and oxygen atoms in total. The molecule has 0 fully saturated rings. The van der Waals surface area contributed by atoms with Crippen molar-refractivity contribution in [1.82, 2.24) is 14.9 Å². The van der Waals surface area contributed by atoms with E-state index >= 15 is 0 Å². The van der Waals surface area contributed by atoms with E-state index in [4.69, 9.17) is 0 Å². The Kier molecular flexibility index (Phi) is 6.54. The fraction of sp³-hybridized carbons (Fsp3) is 0.292. The second-order valence-electron chi connectivity index (χ2n) is 7.69. The third-order valence-corrected chi connectivity index (χ3v) is 5.55. The van der Waals surface area contributed by atoms with E-state index in [1.165, 1.54) is 16.8 Å². The van der Waals surface area contributed by atoms with Crippen LogP contribution < -0.4 is 16.2 Å². The molecule has 0 saturated carbocycles. The molecular weight excluding hydrogens is 392 g/mol. The molecule has 0 bridgehead atoms. The smallest absolute Gasteiger partial charge is 0.254 e. The van der Waals surface area contributed by atoms with E-state index in [0.717, 1.165) is 24.1 Å². The average Bonchev–Trinajstić information content (AvgIpc) is 3.24. The summed E-state index contributed by atoms with van der Waals surface area (Å²) in [6, 6.07) is 18.1. The number of nitrogens with zero attached hydrogens (tertiary/aromatic N) is 2. The summed E-state index contributed by atoms with van der Waals surface area (Å²) in [5.41, 5.74) is 2.54. The van der Waals surface area contributed by atoms with E-state index in [1.54, 1.807) is 0 Å². The Bertz CT molecular complexity index is 1080. The van der Waals surface area contributed by atoms with E-state index in [9.17, 15) is 14.7 Å². The topological polar surface area (TPSA) is 96.2 Å². The van der Waals surface area contributed by atoms with Crippen molar-refractivity contribution >= 4 is 11.6 Å². The quantitative estimate of drug-likeness (QED) is 0.488. The molecular formula is C24H26N4O3. The Balaban J connectivity index is 1.25. The zero-order chi connectivity index (χ0) is 21.6. The van der Waals surface area contributed by atoms with Gasteiger partial charge >= 0.3 is 0 Å². The Morgan fingerprint density at radius 3 is 2.68 bits per heavy atom. The average molecular weight is 418 g/mol. The van der Waals surface area contributed by atoms with Gasteiger partial charge in [0.1, 0.15) is 11.9 Å². The van der Waals surface area contributed by atoms with E-state index in [1.807, 2.05) is 54.6 Å². The van der Waals surface area contributed by atoms with Crippen molar-refractivity contribution in [3.8, 4) is 0 Å². The fourth-order valence-corrected chi connectivity index (χ4v) is 3.86. The third kappa shape index (κ3) is 5.07. The fourth-order valence-electron chi connectivity index (χ4n) is 3.86. The lowest BCUT2D eigenvalue weighted by molar-refractivity contribution is -0.119. The molecule has 1 amide bonds. The van der Waals surface area contributed by atoms with Crippen LogP contribution in [0.25, 0.3) is 0 Å². The zero-order valence-corrected chi connectivity index (χ0v) is 17.2. The highest BCUT2D eigenvalue weighted by Gasteiger charge is 2.29. The van der Waals surface area contributed by atoms with Gasteiger partial charge in [-0.2, -0.15) is 0 Å². The summed E-state index contributed by atoms with van der Waals surface area (Å²) in [6.45, 7) is 1.24. The molecule has 0 spiro atoms. The second-order valence-corrected chi connectivity index (χ2v) is 7.69. The number of aliphatic hydroxyl groups excluding tert-OH is 1. The van der Waals surface area contributed by atoms with Gasteiger partial charge < -0.3 is 15.7 Å². The van der Waals surface area contributed by atoms with Gasteiger partial charge in [0.25, 0.3) is 5.56 Å². The van der Waals surface area contributed by atoms with Crippen LogP contribution in [0.1, 0.15) is 35.5 Å². The first-order valence-electron chi connectivity index (χ1n) is 10.5. The van der Waals surface area contributed by atoms with Crippen LogP contribution in [-0.4, -0.2) is 33.7 Å². The number of aliphatic hydroxyl groups is 1. The molecule has 31 heavy (non-hydrogen) atoms. The summed E-state index contributed by atoms with van der Waals surface area (Å²) in [7, 11) is 0. The predicted octanol–water partition coefficient (Wildman–Crippen LogP) is 2.23. The first kappa shape index (κ1) is 21.0. The van der Waals surface area contributed by atoms with Gasteiger partial charge in [0, 0.05) is 30.9 Å². The number of carbonyl (C=O) groups is 1. The first-order chi connectivity index (χ1) is 15.1. The summed E-state index contributed by atoms with van der Waals surface area (Å²) in [4.78, 5) is 29.0. The molecule has 2 heterocycles. The van der Waals surface area contributed by atoms with Crippen LogP contribution >= 0.6 is 0 Å². The number of carbonyl (C=O) groups excluding carboxylic acids is 1. The monoisotopic (exact) mass is 418 g/mol. The number of hydrogen-bond acceptors (Lipinski definition) is 5. The molecule has 2 aromatic carbocycles. The van der Waals surface area contributed by atoms with E-state index in [0.29, 0.717) is 30.9 Å². The van der Waals surface area contributed by atoms with Crippen molar-refractivity contribution in [2.45, 2.75) is 31.4 Å². The number of aryl methyl sites for hydroxylation is 1. The van der Waals surface area contributed by atoms with Crippen LogP contribution in [0.3, 0.4) is 0 Å². The number of fused-ring (bicyclic) bond motifs is 1. The van der Waals surface area contributed by atoms with Crippen LogP contribution in [-0.2, 0) is 17.6 Å². The van der Waals surface area contributed by atoms with Crippen molar-refractivity contribution in [1.29, 1.82) is 0 Å². The SMILES string of the molecule is O=C(Nc1ccc(CCNC[C@H](O)c2ccccc2)cc1)C1CCc2nccc(=O)n21. The molecule has 3 aromatic rings. The van der Waals surface area contributed by atoms with Gasteiger partial charge in [0.15, 0.2) is 0 Å². The highest BCUT2D eigenvalue weighted by molar-refractivity contribution is 5.94. The molecule has 1 aromatic heterocycles. The molecule has 3 N–H and O–H groups in total. The molecule has 4 rings (SSSR count). The van der Waals surface area contributed by atoms with Gasteiger partial charge in [0.2, 0.25) is 5.91 Å². The van der Waals surface area contributed by atoms with Crippen LogP contribution in [0.4, 0.5) is 5.69 Å². The summed E-state index contributed by atoms with van der Waals surface area (Å²) in [5, 5.41) is 16.4. The number of aromatic nitrogens is 2. The lowest BCUT2D eigenvalue weighted by atomic mass is 10.1. The van der Waals surface area contributed by atoms with Gasteiger partial charge in [-0.1, -0.05) is 42.5 Å². The van der Waals surface area contributed by atoms with Crippen LogP contribution in [0.15, 0.2) is 71.7 Å². The summed E-state index contributed by atoms with van der Waals surface area (Å²) in [5.74, 6) is 0.464. The first-order valence-corrected chi connectivity index (χ1v) is 10.5. The van der Waals surface area contributed by atoms with Crippen molar-refractivity contribution in [2.24, 2.45) is 0 Å². The minimum atomic E-state index is -0.526. The predicted molar refractivity (Wildman–Crippen MR) is 119 cm³/mol. The molecule has 2 atom stereocenters. The maximum Gasteiger partial charge on any atom is 0.254 e. The third-order valence-electron chi connectivity index (χ3n) is 5.55. The van der Waals surface area contributed by atoms with Gasteiger partial charge in [0.05, 0.1) is 6.10 Å². The molecule has 0 saturated heterocycles. The molecule has 1 unspecified atom stereocenters. The number of anilines is 1. The van der Waals surface area contributed by atoms with E-state index in [2.05, 4.69) is 15.6 Å². The Labute approximate surface area is 180 Å². The Morgan fingerprint density at radius 1 is 1.13 bits per heavy atom. The second kappa shape index (κ2) is 9.68. The lowest BCUT2D eigenvalue weighted by Crippen LogP contribution is -2.31. The molecule has 0 aliphatic carbocycles. The molecule has 1 aliphatic heterocycles. The van der Waals surface area contributed by atoms with Crippen molar-refractivity contribution < 1.29 is 9.90 Å². The lowest BCUT2D eigenvalue weighted by Gasteiger charge is -2.14. The highest BCUT2D eigenvalue weighted by Crippen LogP contribution is 2.23. The van der Waals surface area contributed by atoms with Gasteiger partial charge in [-0.3, -0.25) is 14.2 Å². The number of benzene rings is 2. The summed E-state index contributed by atoms with van der Waals surface area (Å²) >= 11 is 0. The molecule has 0 radical (unpaired) electrons. The minimum Gasteiger partial charge on any atom is -0.387 e. The van der Waals surface area contributed by atoms with Crippen molar-refractivity contribution in [2.75, 3.05) is 18.4 Å². The number of amides is 1. The highest BCUT2D eigenvalue weighted by atomic mass is 16.3. The number of rotatable bonds is 8. The number of hydrogen-bond donors (Lipinski definition) is 3. The van der Waals surface area contributed by atoms with Crippen LogP contribution in [0.2, 0.25) is 0 Å². The Hall–Kier alpha value is -3.29. The van der Waals surface area contributed by atoms with E-state index in [-0.39, 0.29) is 11.5 Å². The molecule has 1 aliphatic rings. The zero-order valence-electron chi connectivity index (χ0n) is 17.2.